The molecule has 2 aromatic rings. The van der Waals surface area contributed by atoms with Crippen LogP contribution in [0.3, 0.4) is 0 Å². The first-order valence-corrected chi connectivity index (χ1v) is 12.1. The van der Waals surface area contributed by atoms with Crippen LogP contribution < -0.4 is 11.2 Å². The van der Waals surface area contributed by atoms with Crippen molar-refractivity contribution in [3.8, 4) is 0 Å². The molecule has 10 heteroatoms. The first-order chi connectivity index (χ1) is 15.4. The van der Waals surface area contributed by atoms with Gasteiger partial charge in [0, 0.05) is 18.8 Å². The Morgan fingerprint density at radius 2 is 2.06 bits per heavy atom. The van der Waals surface area contributed by atoms with Crippen LogP contribution in [0.2, 0.25) is 0 Å². The lowest BCUT2D eigenvalue weighted by Crippen LogP contribution is -2.37. The van der Waals surface area contributed by atoms with Gasteiger partial charge in [0.25, 0.3) is 14.1 Å². The van der Waals surface area contributed by atoms with Gasteiger partial charge in [-0.1, -0.05) is 37.3 Å². The Morgan fingerprint density at radius 3 is 2.78 bits per heavy atom. The van der Waals surface area contributed by atoms with Gasteiger partial charge in [-0.2, -0.15) is 0 Å². The molecule has 7 atom stereocenters. The molecule has 1 aromatic carbocycles. The number of H-pyrrole nitrogens is 1. The van der Waals surface area contributed by atoms with E-state index in [1.807, 2.05) is 25.1 Å². The normalized spacial score (nSPS) is 37.1. The number of rotatable bonds is 5. The predicted molar refractivity (Wildman–Crippen MR) is 117 cm³/mol. The number of aromatic amines is 1. The number of hydrogen-bond donors (Lipinski definition) is 1. The lowest BCUT2D eigenvalue weighted by Gasteiger charge is -2.29. The molecule has 0 spiro atoms. The molecule has 1 unspecified atom stereocenters. The van der Waals surface area contributed by atoms with Crippen LogP contribution in [0.1, 0.15) is 44.9 Å². The van der Waals surface area contributed by atoms with Crippen LogP contribution >= 0.6 is 8.53 Å². The summed E-state index contributed by atoms with van der Waals surface area (Å²) in [6, 6.07) is 11.4. The van der Waals surface area contributed by atoms with Gasteiger partial charge in [-0.25, -0.2) is 13.9 Å². The molecule has 4 heterocycles. The van der Waals surface area contributed by atoms with Crippen LogP contribution in [0.15, 0.2) is 52.2 Å². The van der Waals surface area contributed by atoms with Gasteiger partial charge in [-0.3, -0.25) is 14.3 Å². The van der Waals surface area contributed by atoms with E-state index in [0.29, 0.717) is 6.42 Å². The minimum atomic E-state index is -1.58. The van der Waals surface area contributed by atoms with Gasteiger partial charge in [0.05, 0.1) is 12.1 Å². The minimum absolute atomic E-state index is 0.161. The van der Waals surface area contributed by atoms with E-state index in [4.69, 9.17) is 13.8 Å². The fourth-order valence-corrected chi connectivity index (χ4v) is 7.13. The van der Waals surface area contributed by atoms with Crippen molar-refractivity contribution >= 4 is 8.53 Å². The van der Waals surface area contributed by atoms with E-state index in [1.54, 1.807) is 0 Å². The van der Waals surface area contributed by atoms with Crippen molar-refractivity contribution in [2.75, 3.05) is 6.54 Å². The second-order valence-corrected chi connectivity index (χ2v) is 10.0. The molecule has 0 radical (unpaired) electrons. The Balaban J connectivity index is 1.40. The van der Waals surface area contributed by atoms with Gasteiger partial charge in [0.1, 0.15) is 11.7 Å². The summed E-state index contributed by atoms with van der Waals surface area (Å²) in [5, 5.41) is 0. The lowest BCUT2D eigenvalue weighted by atomic mass is 9.87. The van der Waals surface area contributed by atoms with E-state index in [1.165, 1.54) is 12.3 Å². The van der Waals surface area contributed by atoms with Crippen LogP contribution in [0.4, 0.5) is 4.39 Å². The summed E-state index contributed by atoms with van der Waals surface area (Å²) in [4.78, 5) is 25.7. The molecule has 1 N–H and O–H groups in total. The second kappa shape index (κ2) is 8.47. The smallest absolute Gasteiger partial charge is 0.330 e. The van der Waals surface area contributed by atoms with E-state index in [0.717, 1.165) is 29.5 Å². The highest BCUT2D eigenvalue weighted by Crippen LogP contribution is 2.64. The van der Waals surface area contributed by atoms with Gasteiger partial charge >= 0.3 is 5.69 Å². The molecule has 3 aliphatic rings. The Labute approximate surface area is 186 Å². The molecule has 0 bridgehead atoms. The monoisotopic (exact) mass is 463 g/mol. The standard InChI is InChI=1S/C22H27FN3O5P/c1-3-15-19(18(23)20(29-15)25-13-11-17(27)24-21(25)28)30-32-26-12-7-10-16(26)22(2,31-32)14-8-5-4-6-9-14/h4-6,8-9,11,13,15-16,18-20H,3,7,10,12H2,1-2H3,(H,24,27,28)/t15-,16-,18+,19?,20-,22+,32-/m1/s1. The molecule has 8 nitrogen and oxygen atoms in total. The lowest BCUT2D eigenvalue weighted by molar-refractivity contribution is -0.0272. The third-order valence-electron chi connectivity index (χ3n) is 6.69. The molecular weight excluding hydrogens is 436 g/mol. The highest BCUT2D eigenvalue weighted by atomic mass is 31.2. The number of aromatic nitrogens is 2. The third kappa shape index (κ3) is 3.56. The van der Waals surface area contributed by atoms with Crippen molar-refractivity contribution < 1.29 is 18.2 Å². The molecule has 0 amide bonds. The van der Waals surface area contributed by atoms with Gasteiger partial charge in [0.2, 0.25) is 0 Å². The van der Waals surface area contributed by atoms with Crippen molar-refractivity contribution in [1.82, 2.24) is 14.2 Å². The molecule has 5 rings (SSSR count). The Bertz CT molecular complexity index is 1080. The van der Waals surface area contributed by atoms with E-state index in [-0.39, 0.29) is 6.04 Å². The second-order valence-electron chi connectivity index (χ2n) is 8.63. The summed E-state index contributed by atoms with van der Waals surface area (Å²) in [7, 11) is -1.50. The molecule has 32 heavy (non-hydrogen) atoms. The summed E-state index contributed by atoms with van der Waals surface area (Å²) in [6.45, 7) is 4.80. The van der Waals surface area contributed by atoms with Crippen LogP contribution in [0, 0.1) is 0 Å². The predicted octanol–water partition coefficient (Wildman–Crippen LogP) is 3.20. The summed E-state index contributed by atoms with van der Waals surface area (Å²) in [6.07, 6.45) is -0.373. The maximum atomic E-state index is 15.6. The van der Waals surface area contributed by atoms with Crippen LogP contribution in [0.5, 0.6) is 0 Å². The van der Waals surface area contributed by atoms with Crippen LogP contribution in [-0.4, -0.2) is 45.2 Å². The zero-order valence-electron chi connectivity index (χ0n) is 18.0. The van der Waals surface area contributed by atoms with Gasteiger partial charge in [0.15, 0.2) is 12.4 Å². The average Bonchev–Trinajstić information content (AvgIpc) is 3.46. The highest BCUT2D eigenvalue weighted by molar-refractivity contribution is 7.45. The quantitative estimate of drug-likeness (QED) is 0.686. The van der Waals surface area contributed by atoms with Crippen molar-refractivity contribution in [2.45, 2.75) is 69.4 Å². The largest absolute Gasteiger partial charge is 0.349 e. The minimum Gasteiger partial charge on any atom is -0.349 e. The zero-order valence-corrected chi connectivity index (χ0v) is 18.9. The molecule has 1 aromatic heterocycles. The van der Waals surface area contributed by atoms with E-state index >= 15 is 4.39 Å². The average molecular weight is 463 g/mol. The van der Waals surface area contributed by atoms with Gasteiger partial charge < -0.3 is 13.8 Å². The van der Waals surface area contributed by atoms with Crippen molar-refractivity contribution in [2.24, 2.45) is 0 Å². The van der Waals surface area contributed by atoms with Gasteiger partial charge in [-0.15, -0.1) is 0 Å². The maximum Gasteiger partial charge on any atom is 0.330 e. The number of fused-ring (bicyclic) bond motifs is 1. The zero-order chi connectivity index (χ0) is 22.5. The van der Waals surface area contributed by atoms with Crippen LogP contribution in [0.25, 0.3) is 0 Å². The number of hydrogen-bond acceptors (Lipinski definition) is 6. The Hall–Kier alpha value is -1.90. The maximum absolute atomic E-state index is 15.6. The molecular formula is C22H27FN3O5P. The summed E-state index contributed by atoms with van der Waals surface area (Å²) in [5.41, 5.74) is -0.705. The molecule has 0 saturated carbocycles. The molecule has 3 saturated heterocycles. The third-order valence-corrected chi connectivity index (χ3v) is 8.55. The molecule has 3 fully saturated rings. The SMILES string of the molecule is CC[C@H]1O[C@@H](n2ccc(=O)[nH]c2=O)[C@@H](F)C1O[P@]1O[C@@](C)(c2ccccc2)[C@H]2CCCN21. The van der Waals surface area contributed by atoms with E-state index in [2.05, 4.69) is 28.7 Å². The Kier molecular flexibility index (Phi) is 5.80. The first kappa shape index (κ1) is 21.9. The van der Waals surface area contributed by atoms with Gasteiger partial charge in [-0.05, 0) is 31.7 Å². The first-order valence-electron chi connectivity index (χ1n) is 11.0. The molecule has 0 aliphatic carbocycles. The number of alkyl halides is 1. The number of nitrogens with zero attached hydrogens (tertiary/aromatic N) is 2. The number of ether oxygens (including phenoxy) is 1. The topological polar surface area (TPSA) is 85.8 Å². The summed E-state index contributed by atoms with van der Waals surface area (Å²) in [5.74, 6) is 0. The van der Waals surface area contributed by atoms with Crippen molar-refractivity contribution in [3.63, 3.8) is 0 Å². The van der Waals surface area contributed by atoms with E-state index < -0.39 is 50.0 Å². The van der Waals surface area contributed by atoms with Crippen molar-refractivity contribution in [1.29, 1.82) is 0 Å². The van der Waals surface area contributed by atoms with E-state index in [9.17, 15) is 9.59 Å². The number of nitrogens with one attached hydrogen (secondary N) is 1. The molecule has 3 aliphatic heterocycles. The summed E-state index contributed by atoms with van der Waals surface area (Å²) >= 11 is 0. The highest BCUT2D eigenvalue weighted by Gasteiger charge is 2.57. The molecule has 172 valence electrons. The van der Waals surface area contributed by atoms with Crippen LogP contribution in [-0.2, 0) is 19.4 Å². The number of benzene rings is 1. The summed E-state index contributed by atoms with van der Waals surface area (Å²) < 4.78 is 37.6. The fourth-order valence-electron chi connectivity index (χ4n) is 4.98. The van der Waals surface area contributed by atoms with Crippen molar-refractivity contribution in [3.05, 3.63) is 69.0 Å². The fraction of sp³-hybridized carbons (Fsp3) is 0.545. The number of halogens is 1. The Morgan fingerprint density at radius 1 is 1.28 bits per heavy atom.